The van der Waals surface area contributed by atoms with Crippen molar-refractivity contribution >= 4 is 10.0 Å². The number of nitrogens with zero attached hydrogens (tertiary/aromatic N) is 3. The Labute approximate surface area is 116 Å². The topological polar surface area (TPSA) is 93.4 Å². The molecular formula is C11H18N4O4S. The van der Waals surface area contributed by atoms with Crippen molar-refractivity contribution in [3.63, 3.8) is 0 Å². The molecule has 1 aliphatic rings. The molecule has 1 aromatic rings. The molecule has 9 heteroatoms. The highest BCUT2D eigenvalue weighted by Crippen LogP contribution is 2.11. The van der Waals surface area contributed by atoms with E-state index in [1.807, 2.05) is 0 Å². The Morgan fingerprint density at radius 2 is 1.85 bits per heavy atom. The van der Waals surface area contributed by atoms with Crippen molar-refractivity contribution in [3.05, 3.63) is 27.0 Å². The Morgan fingerprint density at radius 1 is 1.15 bits per heavy atom. The summed E-state index contributed by atoms with van der Waals surface area (Å²) in [6.45, 7) is 1.97. The minimum Gasteiger partial charge on any atom is -0.315 e. The van der Waals surface area contributed by atoms with E-state index in [1.165, 1.54) is 18.4 Å². The smallest absolute Gasteiger partial charge is 0.315 e. The van der Waals surface area contributed by atoms with Crippen LogP contribution in [-0.2, 0) is 24.1 Å². The van der Waals surface area contributed by atoms with Gasteiger partial charge in [0.15, 0.2) is 4.90 Å². The summed E-state index contributed by atoms with van der Waals surface area (Å²) in [5.74, 6) is 0. The fourth-order valence-corrected chi connectivity index (χ4v) is 3.78. The summed E-state index contributed by atoms with van der Waals surface area (Å²) in [4.78, 5) is 23.3. The molecular weight excluding hydrogens is 284 g/mol. The first-order valence-corrected chi connectivity index (χ1v) is 7.77. The number of nitrogens with one attached hydrogen (secondary N) is 1. The van der Waals surface area contributed by atoms with E-state index in [2.05, 4.69) is 5.32 Å². The predicted octanol–water partition coefficient (Wildman–Crippen LogP) is -1.93. The number of sulfonamides is 1. The fourth-order valence-electron chi connectivity index (χ4n) is 2.15. The number of aromatic nitrogens is 2. The van der Waals surface area contributed by atoms with Crippen LogP contribution in [0.4, 0.5) is 0 Å². The number of rotatable bonds is 2. The van der Waals surface area contributed by atoms with E-state index in [9.17, 15) is 18.0 Å². The Hall–Kier alpha value is -1.45. The maximum atomic E-state index is 12.5. The molecule has 1 N–H and O–H groups in total. The molecule has 0 aromatic carbocycles. The lowest BCUT2D eigenvalue weighted by Gasteiger charge is -2.19. The van der Waals surface area contributed by atoms with E-state index >= 15 is 0 Å². The molecule has 1 fully saturated rings. The SMILES string of the molecule is Cn1cc(S(=O)(=O)N2CCCNCC2)c(=O)n(C)c1=O. The Morgan fingerprint density at radius 3 is 2.55 bits per heavy atom. The minimum absolute atomic E-state index is 0.314. The molecule has 0 amide bonds. The van der Waals surface area contributed by atoms with E-state index in [4.69, 9.17) is 0 Å². The zero-order valence-corrected chi connectivity index (χ0v) is 12.3. The van der Waals surface area contributed by atoms with Crippen molar-refractivity contribution in [2.24, 2.45) is 14.1 Å². The largest absolute Gasteiger partial charge is 0.330 e. The molecule has 1 saturated heterocycles. The van der Waals surface area contributed by atoms with Crippen molar-refractivity contribution in [2.75, 3.05) is 26.2 Å². The van der Waals surface area contributed by atoms with Crippen LogP contribution in [0, 0.1) is 0 Å². The molecule has 0 bridgehead atoms. The predicted molar refractivity (Wildman–Crippen MR) is 73.2 cm³/mol. The molecule has 1 aliphatic heterocycles. The van der Waals surface area contributed by atoms with Gasteiger partial charge in [0.2, 0.25) is 10.0 Å². The second-order valence-corrected chi connectivity index (χ2v) is 6.66. The van der Waals surface area contributed by atoms with Gasteiger partial charge in [-0.25, -0.2) is 13.2 Å². The van der Waals surface area contributed by atoms with Gasteiger partial charge in [0.25, 0.3) is 5.56 Å². The zero-order chi connectivity index (χ0) is 14.9. The number of hydrogen-bond acceptors (Lipinski definition) is 5. The molecule has 2 heterocycles. The second kappa shape index (κ2) is 5.51. The summed E-state index contributed by atoms with van der Waals surface area (Å²) >= 11 is 0. The van der Waals surface area contributed by atoms with Gasteiger partial charge in [-0.3, -0.25) is 9.36 Å². The molecule has 20 heavy (non-hydrogen) atoms. The average molecular weight is 302 g/mol. The van der Waals surface area contributed by atoms with Gasteiger partial charge in [0, 0.05) is 39.9 Å². The highest BCUT2D eigenvalue weighted by Gasteiger charge is 2.29. The molecule has 2 rings (SSSR count). The summed E-state index contributed by atoms with van der Waals surface area (Å²) in [5, 5.41) is 3.10. The monoisotopic (exact) mass is 302 g/mol. The maximum Gasteiger partial charge on any atom is 0.330 e. The number of hydrogen-bond donors (Lipinski definition) is 1. The van der Waals surface area contributed by atoms with Gasteiger partial charge in [0.1, 0.15) is 0 Å². The summed E-state index contributed by atoms with van der Waals surface area (Å²) in [7, 11) is -1.18. The molecule has 0 saturated carbocycles. The summed E-state index contributed by atoms with van der Waals surface area (Å²) < 4.78 is 28.3. The van der Waals surface area contributed by atoms with E-state index in [0.29, 0.717) is 26.1 Å². The maximum absolute atomic E-state index is 12.5. The summed E-state index contributed by atoms with van der Waals surface area (Å²) in [5.41, 5.74) is -1.34. The minimum atomic E-state index is -3.88. The van der Waals surface area contributed by atoms with E-state index in [-0.39, 0.29) is 4.90 Å². The van der Waals surface area contributed by atoms with Crippen LogP contribution in [0.15, 0.2) is 20.7 Å². The fraction of sp³-hybridized carbons (Fsp3) is 0.636. The number of aryl methyl sites for hydroxylation is 1. The molecule has 0 atom stereocenters. The zero-order valence-electron chi connectivity index (χ0n) is 11.5. The van der Waals surface area contributed by atoms with Crippen molar-refractivity contribution in [2.45, 2.75) is 11.3 Å². The van der Waals surface area contributed by atoms with Crippen molar-refractivity contribution in [1.82, 2.24) is 18.8 Å². The Bertz CT molecular complexity index is 711. The normalized spacial score (nSPS) is 17.9. The van der Waals surface area contributed by atoms with Crippen molar-refractivity contribution in [1.29, 1.82) is 0 Å². The third-order valence-electron chi connectivity index (χ3n) is 3.33. The van der Waals surface area contributed by atoms with Gasteiger partial charge < -0.3 is 9.88 Å². The molecule has 0 aliphatic carbocycles. The van der Waals surface area contributed by atoms with Crippen LogP contribution in [0.1, 0.15) is 6.42 Å². The van der Waals surface area contributed by atoms with E-state index in [1.54, 1.807) is 0 Å². The lowest BCUT2D eigenvalue weighted by atomic mass is 10.4. The summed E-state index contributed by atoms with van der Waals surface area (Å²) in [6, 6.07) is 0. The second-order valence-electron chi connectivity index (χ2n) is 4.76. The first kappa shape index (κ1) is 14.9. The lowest BCUT2D eigenvalue weighted by Crippen LogP contribution is -2.43. The van der Waals surface area contributed by atoms with Gasteiger partial charge in [-0.2, -0.15) is 4.31 Å². The third-order valence-corrected chi connectivity index (χ3v) is 5.21. The summed E-state index contributed by atoms with van der Waals surface area (Å²) in [6.07, 6.45) is 1.78. The van der Waals surface area contributed by atoms with E-state index < -0.39 is 21.3 Å². The van der Waals surface area contributed by atoms with Crippen LogP contribution in [0.2, 0.25) is 0 Å². The first-order valence-electron chi connectivity index (χ1n) is 6.33. The van der Waals surface area contributed by atoms with Crippen LogP contribution < -0.4 is 16.6 Å². The molecule has 0 radical (unpaired) electrons. The van der Waals surface area contributed by atoms with Gasteiger partial charge >= 0.3 is 5.69 Å². The van der Waals surface area contributed by atoms with Crippen LogP contribution >= 0.6 is 0 Å². The third kappa shape index (κ3) is 2.56. The van der Waals surface area contributed by atoms with Crippen molar-refractivity contribution in [3.8, 4) is 0 Å². The van der Waals surface area contributed by atoms with Gasteiger partial charge in [-0.05, 0) is 13.0 Å². The Balaban J connectivity index is 2.55. The van der Waals surface area contributed by atoms with Gasteiger partial charge in [-0.1, -0.05) is 0 Å². The standard InChI is InChI=1S/C11H18N4O4S/c1-13-8-9(10(16)14(2)11(13)17)20(18,19)15-6-3-4-12-5-7-15/h8,12H,3-7H2,1-2H3. The molecule has 0 spiro atoms. The molecule has 1 aromatic heterocycles. The quantitative estimate of drug-likeness (QED) is 0.686. The molecule has 0 unspecified atom stereocenters. The average Bonchev–Trinajstić information content (AvgIpc) is 2.69. The van der Waals surface area contributed by atoms with Crippen LogP contribution in [0.5, 0.6) is 0 Å². The lowest BCUT2D eigenvalue weighted by molar-refractivity contribution is 0.429. The highest BCUT2D eigenvalue weighted by atomic mass is 32.2. The van der Waals surface area contributed by atoms with Crippen molar-refractivity contribution < 1.29 is 8.42 Å². The highest BCUT2D eigenvalue weighted by molar-refractivity contribution is 7.89. The molecule has 112 valence electrons. The molecule has 8 nitrogen and oxygen atoms in total. The van der Waals surface area contributed by atoms with Gasteiger partial charge in [-0.15, -0.1) is 0 Å². The van der Waals surface area contributed by atoms with Crippen LogP contribution in [0.25, 0.3) is 0 Å². The first-order chi connectivity index (χ1) is 9.35. The van der Waals surface area contributed by atoms with Crippen LogP contribution in [0.3, 0.4) is 0 Å². The Kier molecular flexibility index (Phi) is 4.11. The van der Waals surface area contributed by atoms with Crippen LogP contribution in [-0.4, -0.2) is 48.0 Å². The van der Waals surface area contributed by atoms with Gasteiger partial charge in [0.05, 0.1) is 0 Å². The van der Waals surface area contributed by atoms with E-state index in [0.717, 1.165) is 21.9 Å².